The minimum Gasteiger partial charge on any atom is -0.305 e. The van der Waals surface area contributed by atoms with Crippen LogP contribution in [0.25, 0.3) is 0 Å². The minimum atomic E-state index is -2.95. The lowest BCUT2D eigenvalue weighted by atomic mass is 10.5. The van der Waals surface area contributed by atoms with E-state index in [9.17, 15) is 4.57 Å². The van der Waals surface area contributed by atoms with Gasteiger partial charge in [0, 0.05) is 0 Å². The summed E-state index contributed by atoms with van der Waals surface area (Å²) in [7, 11) is -2.95. The lowest BCUT2D eigenvalue weighted by molar-refractivity contribution is 0.142. The van der Waals surface area contributed by atoms with Gasteiger partial charge in [-0.3, -0.25) is 4.57 Å². The molecule has 0 aromatic carbocycles. The first-order chi connectivity index (χ1) is 6.35. The zero-order valence-electron chi connectivity index (χ0n) is 9.32. The highest BCUT2D eigenvalue weighted by molar-refractivity contribution is 7.55. The Morgan fingerprint density at radius 2 is 1.64 bits per heavy atom. The molecule has 1 aliphatic rings. The van der Waals surface area contributed by atoms with E-state index in [4.69, 9.17) is 9.05 Å². The standard InChI is InChI=1S/C10H19O3P/c1-7(2)12-14(11,13-8(3)4)10-6-9(10)5/h7-8,10H,5-6H2,1-4H3. The Labute approximate surface area is 86.0 Å². The molecule has 1 rings (SSSR count). The zero-order chi connectivity index (χ0) is 10.9. The van der Waals surface area contributed by atoms with E-state index in [-0.39, 0.29) is 17.9 Å². The van der Waals surface area contributed by atoms with Gasteiger partial charge < -0.3 is 9.05 Å². The highest BCUT2D eigenvalue weighted by atomic mass is 31.2. The summed E-state index contributed by atoms with van der Waals surface area (Å²) < 4.78 is 23.1. The van der Waals surface area contributed by atoms with Crippen LogP contribution >= 0.6 is 7.60 Å². The first-order valence-corrected chi connectivity index (χ1v) is 6.60. The van der Waals surface area contributed by atoms with Crippen LogP contribution in [0.4, 0.5) is 0 Å². The molecule has 0 amide bonds. The van der Waals surface area contributed by atoms with Crippen LogP contribution in [0, 0.1) is 0 Å². The Kier molecular flexibility index (Phi) is 3.57. The largest absolute Gasteiger partial charge is 0.338 e. The molecular weight excluding hydrogens is 199 g/mol. The van der Waals surface area contributed by atoms with Crippen molar-refractivity contribution in [3.63, 3.8) is 0 Å². The molecule has 4 heteroatoms. The van der Waals surface area contributed by atoms with Crippen molar-refractivity contribution in [2.75, 3.05) is 0 Å². The third-order valence-electron chi connectivity index (χ3n) is 1.86. The van der Waals surface area contributed by atoms with Crippen LogP contribution in [0.2, 0.25) is 0 Å². The van der Waals surface area contributed by atoms with Crippen LogP contribution in [-0.4, -0.2) is 17.9 Å². The van der Waals surface area contributed by atoms with Gasteiger partial charge in [0.2, 0.25) is 0 Å². The Bertz CT molecular complexity index is 257. The van der Waals surface area contributed by atoms with Gasteiger partial charge in [-0.15, -0.1) is 0 Å². The van der Waals surface area contributed by atoms with Crippen molar-refractivity contribution in [2.24, 2.45) is 0 Å². The molecule has 1 atom stereocenters. The molecule has 0 heterocycles. The monoisotopic (exact) mass is 218 g/mol. The van der Waals surface area contributed by atoms with Gasteiger partial charge in [-0.1, -0.05) is 12.2 Å². The fourth-order valence-corrected chi connectivity index (χ4v) is 3.71. The zero-order valence-corrected chi connectivity index (χ0v) is 10.2. The van der Waals surface area contributed by atoms with Gasteiger partial charge in [-0.05, 0) is 34.1 Å². The van der Waals surface area contributed by atoms with Crippen LogP contribution in [0.5, 0.6) is 0 Å². The maximum absolute atomic E-state index is 12.3. The molecule has 14 heavy (non-hydrogen) atoms. The average Bonchev–Trinajstić information content (AvgIpc) is 2.62. The van der Waals surface area contributed by atoms with E-state index in [1.54, 1.807) is 0 Å². The third-order valence-corrected chi connectivity index (χ3v) is 4.61. The van der Waals surface area contributed by atoms with Crippen molar-refractivity contribution in [2.45, 2.75) is 52.0 Å². The second-order valence-electron chi connectivity index (χ2n) is 4.23. The fraction of sp³-hybridized carbons (Fsp3) is 0.800. The van der Waals surface area contributed by atoms with E-state index >= 15 is 0 Å². The van der Waals surface area contributed by atoms with Gasteiger partial charge in [0.1, 0.15) is 0 Å². The van der Waals surface area contributed by atoms with Gasteiger partial charge in [0.05, 0.1) is 17.9 Å². The van der Waals surface area contributed by atoms with Crippen molar-refractivity contribution in [1.29, 1.82) is 0 Å². The van der Waals surface area contributed by atoms with Gasteiger partial charge in [0.15, 0.2) is 0 Å². The molecule has 1 unspecified atom stereocenters. The lowest BCUT2D eigenvalue weighted by Gasteiger charge is -2.22. The van der Waals surface area contributed by atoms with Crippen LogP contribution in [0.15, 0.2) is 12.2 Å². The highest BCUT2D eigenvalue weighted by Crippen LogP contribution is 2.65. The number of allylic oxidation sites excluding steroid dienone is 1. The number of hydrogen-bond acceptors (Lipinski definition) is 3. The molecule has 0 aromatic heterocycles. The second-order valence-corrected chi connectivity index (χ2v) is 6.35. The number of rotatable bonds is 5. The van der Waals surface area contributed by atoms with E-state index in [1.807, 2.05) is 27.7 Å². The maximum Gasteiger partial charge on any atom is 0.338 e. The average molecular weight is 218 g/mol. The molecule has 0 spiro atoms. The van der Waals surface area contributed by atoms with Crippen molar-refractivity contribution >= 4 is 7.60 Å². The first-order valence-electron chi connectivity index (χ1n) is 4.99. The molecule has 0 radical (unpaired) electrons. The van der Waals surface area contributed by atoms with Gasteiger partial charge in [0.25, 0.3) is 0 Å². The molecule has 1 aliphatic carbocycles. The van der Waals surface area contributed by atoms with Crippen LogP contribution in [0.3, 0.4) is 0 Å². The van der Waals surface area contributed by atoms with E-state index in [1.165, 1.54) is 0 Å². The topological polar surface area (TPSA) is 35.5 Å². The summed E-state index contributed by atoms with van der Waals surface area (Å²) in [6, 6.07) is 0. The first kappa shape index (κ1) is 12.0. The normalized spacial score (nSPS) is 22.1. The molecular formula is C10H19O3P. The molecule has 1 saturated carbocycles. The van der Waals surface area contributed by atoms with Crippen molar-refractivity contribution in [3.8, 4) is 0 Å². The molecule has 0 N–H and O–H groups in total. The lowest BCUT2D eigenvalue weighted by Crippen LogP contribution is -2.10. The smallest absolute Gasteiger partial charge is 0.305 e. The van der Waals surface area contributed by atoms with Crippen LogP contribution in [0.1, 0.15) is 34.1 Å². The van der Waals surface area contributed by atoms with E-state index in [0.717, 1.165) is 12.0 Å². The molecule has 3 nitrogen and oxygen atoms in total. The molecule has 0 aliphatic heterocycles. The van der Waals surface area contributed by atoms with Gasteiger partial charge in [-0.25, -0.2) is 0 Å². The summed E-state index contributed by atoms with van der Waals surface area (Å²) in [6.07, 6.45) is 0.623. The van der Waals surface area contributed by atoms with Crippen LogP contribution in [-0.2, 0) is 13.6 Å². The minimum absolute atomic E-state index is 0.0627. The summed E-state index contributed by atoms with van der Waals surface area (Å²) in [5, 5.41) is 0. The Hall–Kier alpha value is -0.110. The molecule has 0 bridgehead atoms. The van der Waals surface area contributed by atoms with E-state index in [0.29, 0.717) is 0 Å². The second kappa shape index (κ2) is 4.18. The van der Waals surface area contributed by atoms with Crippen molar-refractivity contribution < 1.29 is 13.6 Å². The summed E-state index contributed by atoms with van der Waals surface area (Å²) >= 11 is 0. The molecule has 0 aromatic rings. The van der Waals surface area contributed by atoms with E-state index < -0.39 is 7.60 Å². The SMILES string of the molecule is C=C1CC1P(=O)(OC(C)C)OC(C)C. The molecule has 0 saturated heterocycles. The summed E-state index contributed by atoms with van der Waals surface area (Å²) in [6.45, 7) is 11.2. The number of hydrogen-bond donors (Lipinski definition) is 0. The van der Waals surface area contributed by atoms with E-state index in [2.05, 4.69) is 6.58 Å². The Morgan fingerprint density at radius 1 is 1.29 bits per heavy atom. The predicted molar refractivity (Wildman–Crippen MR) is 57.6 cm³/mol. The Balaban J connectivity index is 2.69. The summed E-state index contributed by atoms with van der Waals surface area (Å²) in [5.74, 6) is 0. The predicted octanol–water partition coefficient (Wildman–Crippen LogP) is 3.36. The van der Waals surface area contributed by atoms with Gasteiger partial charge >= 0.3 is 7.60 Å². The maximum atomic E-state index is 12.3. The van der Waals surface area contributed by atoms with Gasteiger partial charge in [-0.2, -0.15) is 0 Å². The summed E-state index contributed by atoms with van der Waals surface area (Å²) in [5.41, 5.74) is 0.918. The van der Waals surface area contributed by atoms with Crippen molar-refractivity contribution in [3.05, 3.63) is 12.2 Å². The Morgan fingerprint density at radius 3 is 1.86 bits per heavy atom. The summed E-state index contributed by atoms with van der Waals surface area (Å²) in [4.78, 5) is 0. The molecule has 82 valence electrons. The quantitative estimate of drug-likeness (QED) is 0.524. The highest BCUT2D eigenvalue weighted by Gasteiger charge is 2.48. The third kappa shape index (κ3) is 2.94. The van der Waals surface area contributed by atoms with Crippen LogP contribution < -0.4 is 0 Å². The van der Waals surface area contributed by atoms with Crippen molar-refractivity contribution in [1.82, 2.24) is 0 Å². The molecule has 1 fully saturated rings. The fourth-order valence-electron chi connectivity index (χ4n) is 1.28.